The molecule has 1 aromatic heterocycles. The third-order valence-electron chi connectivity index (χ3n) is 4.13. The predicted molar refractivity (Wildman–Crippen MR) is 88.6 cm³/mol. The van der Waals surface area contributed by atoms with Crippen LogP contribution in [0, 0.1) is 23.3 Å². The number of imidazole rings is 1. The quantitative estimate of drug-likeness (QED) is 0.383. The van der Waals surface area contributed by atoms with Crippen molar-refractivity contribution < 1.29 is 27.1 Å². The monoisotopic (exact) mass is 378 g/mol. The fourth-order valence-electron chi connectivity index (χ4n) is 2.70. The first-order chi connectivity index (χ1) is 12.9. The van der Waals surface area contributed by atoms with Crippen LogP contribution < -0.4 is 0 Å². The summed E-state index contributed by atoms with van der Waals surface area (Å²) in [5.74, 6) is -6.36. The molecule has 3 aromatic rings. The van der Waals surface area contributed by atoms with Gasteiger partial charge in [-0.25, -0.2) is 27.3 Å². The Hall–Kier alpha value is -3.16. The van der Waals surface area contributed by atoms with Crippen molar-refractivity contribution in [2.24, 2.45) is 0 Å². The zero-order valence-electron chi connectivity index (χ0n) is 14.2. The van der Waals surface area contributed by atoms with E-state index in [4.69, 9.17) is 0 Å². The summed E-state index contributed by atoms with van der Waals surface area (Å²) in [4.78, 5) is 15.0. The zero-order chi connectivity index (χ0) is 19.6. The van der Waals surface area contributed by atoms with Crippen LogP contribution in [-0.4, -0.2) is 22.6 Å². The molecule has 0 radical (unpaired) electrons. The summed E-state index contributed by atoms with van der Waals surface area (Å²) in [7, 11) is 1.25. The van der Waals surface area contributed by atoms with Gasteiger partial charge in [-0.15, -0.1) is 0 Å². The van der Waals surface area contributed by atoms with Gasteiger partial charge in [-0.05, 0) is 30.5 Å². The second kappa shape index (κ2) is 7.61. The van der Waals surface area contributed by atoms with E-state index >= 15 is 0 Å². The minimum Gasteiger partial charge on any atom is -0.465 e. The maximum atomic E-state index is 14.3. The molecule has 0 fully saturated rings. The molecule has 3 rings (SSSR count). The average Bonchev–Trinajstić information content (AvgIpc) is 3.21. The van der Waals surface area contributed by atoms with Gasteiger partial charge in [0.2, 0.25) is 0 Å². The molecule has 2 aromatic carbocycles. The second-order valence-corrected chi connectivity index (χ2v) is 5.74. The van der Waals surface area contributed by atoms with Gasteiger partial charge in [-0.1, -0.05) is 12.1 Å². The Balaban J connectivity index is 1.86. The molecule has 0 aliphatic carbocycles. The van der Waals surface area contributed by atoms with Gasteiger partial charge in [0.05, 0.1) is 19.0 Å². The number of hydrogen-bond acceptors (Lipinski definition) is 3. The molecule has 1 heterocycles. The normalized spacial score (nSPS) is 10.9. The van der Waals surface area contributed by atoms with Crippen LogP contribution in [0.4, 0.5) is 17.6 Å². The largest absolute Gasteiger partial charge is 0.465 e. The number of ether oxygens (including phenoxy) is 1. The predicted octanol–water partition coefficient (Wildman–Crippen LogP) is 4.00. The van der Waals surface area contributed by atoms with Gasteiger partial charge in [0.1, 0.15) is 5.69 Å². The fraction of sp³-hybridized carbons (Fsp3) is 0.158. The first-order valence-electron chi connectivity index (χ1n) is 7.94. The summed E-state index contributed by atoms with van der Waals surface area (Å²) in [6, 6.07) is 6.15. The molecule has 0 spiro atoms. The van der Waals surface area contributed by atoms with E-state index in [1.165, 1.54) is 31.6 Å². The Kier molecular flexibility index (Phi) is 5.25. The Labute approximate surface area is 152 Å². The maximum absolute atomic E-state index is 14.3. The number of benzene rings is 2. The second-order valence-electron chi connectivity index (χ2n) is 5.74. The number of halogens is 4. The molecule has 140 valence electrons. The van der Waals surface area contributed by atoms with Crippen LogP contribution >= 0.6 is 0 Å². The number of aromatic nitrogens is 2. The van der Waals surface area contributed by atoms with Crippen LogP contribution in [-0.2, 0) is 17.6 Å². The lowest BCUT2D eigenvalue weighted by molar-refractivity contribution is 0.0600. The molecule has 0 aliphatic heterocycles. The van der Waals surface area contributed by atoms with Gasteiger partial charge in [0.25, 0.3) is 0 Å². The Bertz CT molecular complexity index is 941. The Morgan fingerprint density at radius 2 is 1.63 bits per heavy atom. The summed E-state index contributed by atoms with van der Waals surface area (Å²) in [6.45, 7) is 0. The van der Waals surface area contributed by atoms with E-state index in [2.05, 4.69) is 9.72 Å². The fourth-order valence-corrected chi connectivity index (χ4v) is 2.70. The summed E-state index contributed by atoms with van der Waals surface area (Å²) in [6.07, 6.45) is 3.33. The Morgan fingerprint density at radius 3 is 2.15 bits per heavy atom. The number of nitrogens with zero attached hydrogens (tertiary/aromatic N) is 2. The van der Waals surface area contributed by atoms with Crippen molar-refractivity contribution in [1.29, 1.82) is 0 Å². The van der Waals surface area contributed by atoms with E-state index in [1.807, 2.05) is 0 Å². The van der Waals surface area contributed by atoms with E-state index in [9.17, 15) is 22.4 Å². The number of methoxy groups -OCH3 is 1. The standard InChI is InChI=1S/C19H14F4N2O2/c1-27-19(26)12-5-2-11(3-6-12)4-7-13-14(20)16(22)18(17(23)15(13)21)25-9-8-24-10-25/h2-3,5-6,8-10H,4,7H2,1H3. The van der Waals surface area contributed by atoms with Crippen molar-refractivity contribution in [1.82, 2.24) is 9.55 Å². The number of hydrogen-bond donors (Lipinski definition) is 0. The topological polar surface area (TPSA) is 44.1 Å². The average molecular weight is 378 g/mol. The molecule has 0 N–H and O–H groups in total. The molecule has 0 bridgehead atoms. The summed E-state index contributed by atoms with van der Waals surface area (Å²) >= 11 is 0. The van der Waals surface area contributed by atoms with E-state index in [0.717, 1.165) is 10.9 Å². The number of esters is 1. The Morgan fingerprint density at radius 1 is 1.00 bits per heavy atom. The molecule has 0 atom stereocenters. The van der Waals surface area contributed by atoms with Gasteiger partial charge < -0.3 is 9.30 Å². The number of aryl methyl sites for hydroxylation is 1. The molecular formula is C19H14F4N2O2. The molecule has 0 unspecified atom stereocenters. The summed E-state index contributed by atoms with van der Waals surface area (Å²) in [5.41, 5.74) is -0.569. The van der Waals surface area contributed by atoms with Crippen LogP contribution in [0.5, 0.6) is 0 Å². The van der Waals surface area contributed by atoms with Crippen molar-refractivity contribution in [3.8, 4) is 5.69 Å². The van der Waals surface area contributed by atoms with Gasteiger partial charge in [-0.2, -0.15) is 0 Å². The lowest BCUT2D eigenvalue weighted by atomic mass is 10.0. The minimum atomic E-state index is -1.48. The van der Waals surface area contributed by atoms with E-state index in [-0.39, 0.29) is 12.8 Å². The molecule has 0 amide bonds. The van der Waals surface area contributed by atoms with E-state index in [1.54, 1.807) is 12.1 Å². The summed E-state index contributed by atoms with van der Waals surface area (Å²) < 4.78 is 62.7. The van der Waals surface area contributed by atoms with Crippen molar-refractivity contribution in [3.05, 3.63) is 82.9 Å². The molecular weight excluding hydrogens is 364 g/mol. The highest BCUT2D eigenvalue weighted by atomic mass is 19.2. The van der Waals surface area contributed by atoms with E-state index in [0.29, 0.717) is 11.1 Å². The van der Waals surface area contributed by atoms with Gasteiger partial charge in [0, 0.05) is 18.0 Å². The van der Waals surface area contributed by atoms with Crippen LogP contribution in [0.25, 0.3) is 5.69 Å². The maximum Gasteiger partial charge on any atom is 0.337 e. The number of carbonyl (C=O) groups excluding carboxylic acids is 1. The van der Waals surface area contributed by atoms with Crippen molar-refractivity contribution >= 4 is 5.97 Å². The van der Waals surface area contributed by atoms with Crippen molar-refractivity contribution in [3.63, 3.8) is 0 Å². The van der Waals surface area contributed by atoms with Gasteiger partial charge in [0.15, 0.2) is 23.3 Å². The van der Waals surface area contributed by atoms with Crippen LogP contribution in [0.2, 0.25) is 0 Å². The molecule has 0 saturated heterocycles. The minimum absolute atomic E-state index is 0.124. The highest BCUT2D eigenvalue weighted by Gasteiger charge is 2.26. The first-order valence-corrected chi connectivity index (χ1v) is 7.94. The van der Waals surface area contributed by atoms with Crippen LogP contribution in [0.15, 0.2) is 43.0 Å². The van der Waals surface area contributed by atoms with Crippen LogP contribution in [0.3, 0.4) is 0 Å². The van der Waals surface area contributed by atoms with Gasteiger partial charge >= 0.3 is 5.97 Å². The zero-order valence-corrected chi connectivity index (χ0v) is 14.2. The molecule has 4 nitrogen and oxygen atoms in total. The highest BCUT2D eigenvalue weighted by Crippen LogP contribution is 2.28. The smallest absolute Gasteiger partial charge is 0.337 e. The molecule has 0 saturated carbocycles. The van der Waals surface area contributed by atoms with Crippen molar-refractivity contribution in [2.45, 2.75) is 12.8 Å². The lowest BCUT2D eigenvalue weighted by Crippen LogP contribution is -2.11. The lowest BCUT2D eigenvalue weighted by Gasteiger charge is -2.12. The van der Waals surface area contributed by atoms with E-state index < -0.39 is 40.5 Å². The highest BCUT2D eigenvalue weighted by molar-refractivity contribution is 5.89. The van der Waals surface area contributed by atoms with Crippen molar-refractivity contribution in [2.75, 3.05) is 7.11 Å². The van der Waals surface area contributed by atoms with Gasteiger partial charge in [-0.3, -0.25) is 0 Å². The molecule has 0 aliphatic rings. The first kappa shape index (κ1) is 18.6. The van der Waals surface area contributed by atoms with Crippen LogP contribution in [0.1, 0.15) is 21.5 Å². The number of carbonyl (C=O) groups is 1. The summed E-state index contributed by atoms with van der Waals surface area (Å²) in [5, 5.41) is 0. The molecule has 8 heteroatoms. The molecule has 27 heavy (non-hydrogen) atoms. The number of rotatable bonds is 5. The third-order valence-corrected chi connectivity index (χ3v) is 4.13. The third kappa shape index (κ3) is 3.55. The SMILES string of the molecule is COC(=O)c1ccc(CCc2c(F)c(F)c(-n3ccnc3)c(F)c2F)cc1.